The van der Waals surface area contributed by atoms with E-state index in [9.17, 15) is 9.18 Å². The van der Waals surface area contributed by atoms with Crippen LogP contribution in [0.2, 0.25) is 0 Å². The van der Waals surface area contributed by atoms with Gasteiger partial charge in [0.15, 0.2) is 0 Å². The predicted molar refractivity (Wildman–Crippen MR) is 121 cm³/mol. The number of hydrogen-bond acceptors (Lipinski definition) is 4. The maximum absolute atomic E-state index is 13.7. The predicted octanol–water partition coefficient (Wildman–Crippen LogP) is 3.98. The quantitative estimate of drug-likeness (QED) is 0.650. The van der Waals surface area contributed by atoms with Crippen molar-refractivity contribution >= 4 is 11.6 Å². The first-order chi connectivity index (χ1) is 15.2. The molecule has 166 valence electrons. The molecule has 2 aliphatic heterocycles. The van der Waals surface area contributed by atoms with E-state index in [-0.39, 0.29) is 17.8 Å². The third kappa shape index (κ3) is 5.97. The Hall–Kier alpha value is -2.60. The van der Waals surface area contributed by atoms with Crippen LogP contribution in [-0.2, 0) is 11.3 Å². The number of halogens is 1. The fourth-order valence-corrected chi connectivity index (χ4v) is 4.48. The van der Waals surface area contributed by atoms with E-state index < -0.39 is 0 Å². The number of anilines is 1. The highest BCUT2D eigenvalue weighted by Gasteiger charge is 2.29. The largest absolute Gasteiger partial charge is 0.489 e. The van der Waals surface area contributed by atoms with E-state index in [0.717, 1.165) is 24.2 Å². The number of nitrogens with one attached hydrogen (secondary N) is 1. The molecule has 1 unspecified atom stereocenters. The number of likely N-dealkylation sites (tertiary alicyclic amines) is 1. The molecule has 0 spiro atoms. The van der Waals surface area contributed by atoms with Gasteiger partial charge in [-0.15, -0.1) is 0 Å². The fraction of sp³-hybridized carbons (Fsp3) is 0.480. The van der Waals surface area contributed by atoms with Crippen molar-refractivity contribution in [1.82, 2.24) is 10.2 Å². The number of fused-ring (bicyclic) bond motifs is 1. The first kappa shape index (κ1) is 21.6. The van der Waals surface area contributed by atoms with E-state index in [4.69, 9.17) is 4.74 Å². The fourth-order valence-electron chi connectivity index (χ4n) is 4.48. The summed E-state index contributed by atoms with van der Waals surface area (Å²) in [7, 11) is 0. The van der Waals surface area contributed by atoms with Crippen molar-refractivity contribution < 1.29 is 13.9 Å². The van der Waals surface area contributed by atoms with Gasteiger partial charge in [-0.05, 0) is 56.6 Å². The Labute approximate surface area is 184 Å². The highest BCUT2D eigenvalue weighted by Crippen LogP contribution is 2.36. The van der Waals surface area contributed by atoms with E-state index in [0.29, 0.717) is 31.9 Å². The average molecular weight is 426 g/mol. The van der Waals surface area contributed by atoms with Gasteiger partial charge >= 0.3 is 0 Å². The molecule has 6 heteroatoms. The number of rotatable bonds is 8. The Kier molecular flexibility index (Phi) is 7.41. The van der Waals surface area contributed by atoms with Crippen LogP contribution < -0.4 is 15.0 Å². The number of hydrogen-bond donors (Lipinski definition) is 1. The van der Waals surface area contributed by atoms with Gasteiger partial charge in [0.2, 0.25) is 5.91 Å². The lowest BCUT2D eigenvalue weighted by Gasteiger charge is -2.38. The lowest BCUT2D eigenvalue weighted by Crippen LogP contribution is -2.45. The zero-order chi connectivity index (χ0) is 21.5. The zero-order valence-electron chi connectivity index (χ0n) is 18.1. The molecule has 0 radical (unpaired) electrons. The molecule has 2 aromatic rings. The second-order valence-electron chi connectivity index (χ2n) is 8.50. The molecule has 1 atom stereocenters. The second-order valence-corrected chi connectivity index (χ2v) is 8.50. The summed E-state index contributed by atoms with van der Waals surface area (Å²) in [6.07, 6.45) is 5.25. The number of benzene rings is 2. The molecule has 31 heavy (non-hydrogen) atoms. The van der Waals surface area contributed by atoms with Gasteiger partial charge in [0.05, 0.1) is 18.2 Å². The zero-order valence-corrected chi connectivity index (χ0v) is 18.1. The van der Waals surface area contributed by atoms with Crippen LogP contribution in [0, 0.1) is 5.82 Å². The SMILES string of the molecule is O=C(CC1COc2cc(F)ccc2N1Cc1ccccc1)NCCCN1CCCCC1. The maximum Gasteiger partial charge on any atom is 0.222 e. The summed E-state index contributed by atoms with van der Waals surface area (Å²) in [5.74, 6) is 0.258. The number of carbonyl (C=O) groups excluding carboxylic acids is 1. The molecule has 0 saturated carbocycles. The van der Waals surface area contributed by atoms with Crippen molar-refractivity contribution in [3.63, 3.8) is 0 Å². The van der Waals surface area contributed by atoms with Crippen LogP contribution in [0.4, 0.5) is 10.1 Å². The van der Waals surface area contributed by atoms with Crippen LogP contribution in [0.15, 0.2) is 48.5 Å². The van der Waals surface area contributed by atoms with Gasteiger partial charge in [0, 0.05) is 19.2 Å². The first-order valence-electron chi connectivity index (χ1n) is 11.4. The summed E-state index contributed by atoms with van der Waals surface area (Å²) in [6, 6.07) is 14.6. The molecule has 2 heterocycles. The van der Waals surface area contributed by atoms with Gasteiger partial charge in [-0.2, -0.15) is 0 Å². The summed E-state index contributed by atoms with van der Waals surface area (Å²) >= 11 is 0. The summed E-state index contributed by atoms with van der Waals surface area (Å²) < 4.78 is 19.5. The summed E-state index contributed by atoms with van der Waals surface area (Å²) in [6.45, 7) is 5.12. The standard InChI is InChI=1S/C25H32FN3O2/c26-21-10-11-23-24(16-21)31-19-22(29(23)18-20-8-3-1-4-9-20)17-25(30)27-12-7-15-28-13-5-2-6-14-28/h1,3-4,8-11,16,22H,2,5-7,12-15,17-19H2,(H,27,30). The summed E-state index contributed by atoms with van der Waals surface area (Å²) in [5.41, 5.74) is 1.98. The molecule has 1 fully saturated rings. The van der Waals surface area contributed by atoms with Crippen molar-refractivity contribution in [3.05, 3.63) is 59.9 Å². The molecule has 5 nitrogen and oxygen atoms in total. The van der Waals surface area contributed by atoms with Crippen LogP contribution in [0.25, 0.3) is 0 Å². The van der Waals surface area contributed by atoms with Crippen molar-refractivity contribution in [2.24, 2.45) is 0 Å². The molecule has 2 aromatic carbocycles. The molecule has 0 bridgehead atoms. The van der Waals surface area contributed by atoms with Gasteiger partial charge in [-0.25, -0.2) is 4.39 Å². The van der Waals surface area contributed by atoms with Gasteiger partial charge in [0.25, 0.3) is 0 Å². The van der Waals surface area contributed by atoms with Crippen LogP contribution in [0.3, 0.4) is 0 Å². The molecule has 0 aliphatic carbocycles. The van der Waals surface area contributed by atoms with Crippen LogP contribution in [0.1, 0.15) is 37.7 Å². The van der Waals surface area contributed by atoms with Crippen molar-refractivity contribution in [3.8, 4) is 5.75 Å². The van der Waals surface area contributed by atoms with E-state index >= 15 is 0 Å². The Morgan fingerprint density at radius 2 is 1.90 bits per heavy atom. The lowest BCUT2D eigenvalue weighted by atomic mass is 10.1. The molecule has 4 rings (SSSR count). The monoisotopic (exact) mass is 425 g/mol. The Morgan fingerprint density at radius 3 is 2.71 bits per heavy atom. The second kappa shape index (κ2) is 10.6. The molecular formula is C25H32FN3O2. The minimum Gasteiger partial charge on any atom is -0.489 e. The van der Waals surface area contributed by atoms with Crippen molar-refractivity contribution in [1.29, 1.82) is 0 Å². The normalized spacial score (nSPS) is 18.9. The van der Waals surface area contributed by atoms with Crippen LogP contribution in [0.5, 0.6) is 5.75 Å². The molecule has 1 N–H and O–H groups in total. The molecule has 2 aliphatic rings. The van der Waals surface area contributed by atoms with Crippen molar-refractivity contribution in [2.75, 3.05) is 37.7 Å². The van der Waals surface area contributed by atoms with Gasteiger partial charge < -0.3 is 19.9 Å². The Morgan fingerprint density at radius 1 is 1.10 bits per heavy atom. The third-order valence-electron chi connectivity index (χ3n) is 6.14. The number of piperidine rings is 1. The Bertz CT molecular complexity index is 855. The molecule has 1 amide bonds. The van der Waals surface area contributed by atoms with E-state index in [2.05, 4.69) is 27.2 Å². The van der Waals surface area contributed by atoms with Crippen molar-refractivity contribution in [2.45, 2.75) is 44.7 Å². The summed E-state index contributed by atoms with van der Waals surface area (Å²) in [5, 5.41) is 3.08. The highest BCUT2D eigenvalue weighted by atomic mass is 19.1. The smallest absolute Gasteiger partial charge is 0.222 e. The number of nitrogens with zero attached hydrogens (tertiary/aromatic N) is 2. The number of carbonyl (C=O) groups is 1. The minimum absolute atomic E-state index is 0.0378. The summed E-state index contributed by atoms with van der Waals surface area (Å²) in [4.78, 5) is 17.3. The van der Waals surface area contributed by atoms with Gasteiger partial charge in [0.1, 0.15) is 18.2 Å². The van der Waals surface area contributed by atoms with E-state index in [1.165, 1.54) is 44.5 Å². The number of ether oxygens (including phenoxy) is 1. The first-order valence-corrected chi connectivity index (χ1v) is 11.4. The molecule has 0 aromatic heterocycles. The van der Waals surface area contributed by atoms with E-state index in [1.54, 1.807) is 6.07 Å². The third-order valence-corrected chi connectivity index (χ3v) is 6.14. The molecule has 1 saturated heterocycles. The van der Waals surface area contributed by atoms with Crippen LogP contribution >= 0.6 is 0 Å². The van der Waals surface area contributed by atoms with Gasteiger partial charge in [-0.1, -0.05) is 36.8 Å². The maximum atomic E-state index is 13.7. The lowest BCUT2D eigenvalue weighted by molar-refractivity contribution is -0.121. The average Bonchev–Trinajstić information content (AvgIpc) is 2.79. The number of amides is 1. The van der Waals surface area contributed by atoms with Crippen LogP contribution in [-0.4, -0.2) is 49.6 Å². The topological polar surface area (TPSA) is 44.8 Å². The molecular weight excluding hydrogens is 393 g/mol. The highest BCUT2D eigenvalue weighted by molar-refractivity contribution is 5.77. The van der Waals surface area contributed by atoms with Gasteiger partial charge in [-0.3, -0.25) is 4.79 Å². The Balaban J connectivity index is 1.35. The minimum atomic E-state index is -0.316. The van der Waals surface area contributed by atoms with E-state index in [1.807, 2.05) is 18.2 Å².